The Hall–Kier alpha value is -0.920. The van der Waals surface area contributed by atoms with Crippen molar-refractivity contribution in [2.45, 2.75) is 13.3 Å². The molecule has 0 amide bonds. The van der Waals surface area contributed by atoms with Crippen LogP contribution in [0.5, 0.6) is 11.6 Å². The Bertz CT molecular complexity index is 658. The predicted octanol–water partition coefficient (Wildman–Crippen LogP) is 5.41. The molecule has 0 aliphatic rings. The van der Waals surface area contributed by atoms with Gasteiger partial charge in [-0.2, -0.15) is 4.98 Å². The molecule has 8 heteroatoms. The molecule has 0 radical (unpaired) electrons. The zero-order valence-corrected chi connectivity index (χ0v) is 14.9. The second-order valence-electron chi connectivity index (χ2n) is 4.07. The summed E-state index contributed by atoms with van der Waals surface area (Å²) in [5.41, 5.74) is 0. The van der Waals surface area contributed by atoms with Crippen LogP contribution in [0.25, 0.3) is 0 Å². The van der Waals surface area contributed by atoms with E-state index in [0.717, 1.165) is 13.0 Å². The second kappa shape index (κ2) is 7.38. The lowest BCUT2D eigenvalue weighted by Crippen LogP contribution is -2.05. The molecule has 0 saturated carbocycles. The molecule has 0 aliphatic carbocycles. The standard InChI is InChI=1S/C13H11Br2ClFN3O/c1-2-3-18-13-19-6-8(15)12(20-13)21-11-5-10(17)9(16)4-7(11)14/h4-6H,2-3H2,1H3,(H,18,19,20). The lowest BCUT2D eigenvalue weighted by molar-refractivity contribution is 0.451. The summed E-state index contributed by atoms with van der Waals surface area (Å²) in [7, 11) is 0. The fraction of sp³-hybridized carbons (Fsp3) is 0.231. The molecule has 0 spiro atoms. The van der Waals surface area contributed by atoms with Crippen molar-refractivity contribution in [2.75, 3.05) is 11.9 Å². The molecule has 1 aromatic heterocycles. The van der Waals surface area contributed by atoms with Gasteiger partial charge in [0.05, 0.1) is 20.2 Å². The van der Waals surface area contributed by atoms with Crippen molar-refractivity contribution in [3.05, 3.63) is 38.1 Å². The van der Waals surface area contributed by atoms with Gasteiger partial charge in [0.15, 0.2) is 0 Å². The van der Waals surface area contributed by atoms with Gasteiger partial charge in [-0.05, 0) is 44.3 Å². The maximum atomic E-state index is 13.5. The fourth-order valence-electron chi connectivity index (χ4n) is 1.43. The highest BCUT2D eigenvalue weighted by atomic mass is 79.9. The van der Waals surface area contributed by atoms with Gasteiger partial charge in [-0.3, -0.25) is 0 Å². The van der Waals surface area contributed by atoms with Gasteiger partial charge in [0.2, 0.25) is 11.8 Å². The minimum absolute atomic E-state index is 0.0151. The second-order valence-corrected chi connectivity index (χ2v) is 6.19. The van der Waals surface area contributed by atoms with Crippen LogP contribution in [0.15, 0.2) is 27.3 Å². The Labute approximate surface area is 143 Å². The van der Waals surface area contributed by atoms with Crippen LogP contribution in [0.2, 0.25) is 5.02 Å². The lowest BCUT2D eigenvalue weighted by atomic mass is 10.3. The number of halogens is 4. The van der Waals surface area contributed by atoms with Crippen LogP contribution in [0, 0.1) is 5.82 Å². The van der Waals surface area contributed by atoms with Gasteiger partial charge in [0.1, 0.15) is 11.6 Å². The van der Waals surface area contributed by atoms with Crippen molar-refractivity contribution in [1.29, 1.82) is 0 Å². The average molecular weight is 440 g/mol. The normalized spacial score (nSPS) is 10.5. The van der Waals surface area contributed by atoms with Crippen molar-refractivity contribution in [3.63, 3.8) is 0 Å². The highest BCUT2D eigenvalue weighted by Crippen LogP contribution is 2.35. The molecule has 4 nitrogen and oxygen atoms in total. The third-order valence-electron chi connectivity index (χ3n) is 2.43. The number of rotatable bonds is 5. The molecule has 0 fully saturated rings. The molecule has 1 N–H and O–H groups in total. The highest BCUT2D eigenvalue weighted by Gasteiger charge is 2.12. The van der Waals surface area contributed by atoms with Crippen molar-refractivity contribution in [3.8, 4) is 11.6 Å². The number of nitrogens with one attached hydrogen (secondary N) is 1. The maximum Gasteiger partial charge on any atom is 0.238 e. The van der Waals surface area contributed by atoms with Crippen LogP contribution in [0.3, 0.4) is 0 Å². The van der Waals surface area contributed by atoms with Gasteiger partial charge in [0.25, 0.3) is 0 Å². The minimum atomic E-state index is -0.565. The van der Waals surface area contributed by atoms with E-state index in [4.69, 9.17) is 16.3 Å². The average Bonchev–Trinajstić information content (AvgIpc) is 2.45. The first-order chi connectivity index (χ1) is 10.0. The van der Waals surface area contributed by atoms with Crippen LogP contribution in [0.1, 0.15) is 13.3 Å². The van der Waals surface area contributed by atoms with Crippen LogP contribution in [0.4, 0.5) is 10.3 Å². The Balaban J connectivity index is 2.28. The molecule has 0 unspecified atom stereocenters. The van der Waals surface area contributed by atoms with Crippen LogP contribution in [-0.2, 0) is 0 Å². The van der Waals surface area contributed by atoms with E-state index >= 15 is 0 Å². The molecule has 1 heterocycles. The Morgan fingerprint density at radius 3 is 2.81 bits per heavy atom. The quantitative estimate of drug-likeness (QED) is 0.633. The topological polar surface area (TPSA) is 47.0 Å². The third-order valence-corrected chi connectivity index (χ3v) is 3.88. The summed E-state index contributed by atoms with van der Waals surface area (Å²) >= 11 is 12.3. The SMILES string of the molecule is CCCNc1ncc(Br)c(Oc2cc(F)c(Cl)cc2Br)n1. The van der Waals surface area contributed by atoms with E-state index in [-0.39, 0.29) is 16.7 Å². The minimum Gasteiger partial charge on any atom is -0.436 e. The van der Waals surface area contributed by atoms with Gasteiger partial charge in [-0.15, -0.1) is 0 Å². The number of nitrogens with zero attached hydrogens (tertiary/aromatic N) is 2. The summed E-state index contributed by atoms with van der Waals surface area (Å²) in [5.74, 6) is 0.439. The van der Waals surface area contributed by atoms with Gasteiger partial charge in [-0.25, -0.2) is 9.37 Å². The van der Waals surface area contributed by atoms with Crippen molar-refractivity contribution in [1.82, 2.24) is 9.97 Å². The lowest BCUT2D eigenvalue weighted by Gasteiger charge is -2.10. The molecule has 1 aromatic carbocycles. The Morgan fingerprint density at radius 2 is 2.10 bits per heavy atom. The maximum absolute atomic E-state index is 13.5. The molecule has 0 bridgehead atoms. The summed E-state index contributed by atoms with van der Waals surface area (Å²) in [4.78, 5) is 8.35. The first-order valence-corrected chi connectivity index (χ1v) is 8.06. The van der Waals surface area contributed by atoms with Gasteiger partial charge < -0.3 is 10.1 Å². The van der Waals surface area contributed by atoms with E-state index in [1.807, 2.05) is 6.92 Å². The summed E-state index contributed by atoms with van der Waals surface area (Å²) in [6.45, 7) is 2.79. The van der Waals surface area contributed by atoms with Gasteiger partial charge in [-0.1, -0.05) is 18.5 Å². The van der Waals surface area contributed by atoms with E-state index in [2.05, 4.69) is 47.1 Å². The van der Waals surface area contributed by atoms with Gasteiger partial charge >= 0.3 is 0 Å². The van der Waals surface area contributed by atoms with E-state index in [9.17, 15) is 4.39 Å². The molecule has 21 heavy (non-hydrogen) atoms. The van der Waals surface area contributed by atoms with Crippen LogP contribution in [-0.4, -0.2) is 16.5 Å². The molecule has 0 aliphatic heterocycles. The smallest absolute Gasteiger partial charge is 0.238 e. The number of hydrogen-bond donors (Lipinski definition) is 1. The molecule has 0 saturated heterocycles. The van der Waals surface area contributed by atoms with E-state index in [0.29, 0.717) is 14.9 Å². The monoisotopic (exact) mass is 437 g/mol. The number of anilines is 1. The van der Waals surface area contributed by atoms with Gasteiger partial charge in [0, 0.05) is 12.6 Å². The summed E-state index contributed by atoms with van der Waals surface area (Å²) in [6.07, 6.45) is 2.52. The predicted molar refractivity (Wildman–Crippen MR) is 87.7 cm³/mol. The number of hydrogen-bond acceptors (Lipinski definition) is 4. The molecular weight excluding hydrogens is 428 g/mol. The number of ether oxygens (including phenoxy) is 1. The summed E-state index contributed by atoms with van der Waals surface area (Å²) in [6, 6.07) is 2.62. The van der Waals surface area contributed by atoms with Crippen LogP contribution < -0.4 is 10.1 Å². The molecule has 2 aromatic rings. The van der Waals surface area contributed by atoms with E-state index in [1.54, 1.807) is 6.20 Å². The molecule has 112 valence electrons. The Morgan fingerprint density at radius 1 is 1.33 bits per heavy atom. The summed E-state index contributed by atoms with van der Waals surface area (Å²) in [5, 5.41) is 3.07. The number of benzene rings is 1. The van der Waals surface area contributed by atoms with Crippen molar-refractivity contribution >= 4 is 49.4 Å². The highest BCUT2D eigenvalue weighted by molar-refractivity contribution is 9.11. The first-order valence-electron chi connectivity index (χ1n) is 6.10. The van der Waals surface area contributed by atoms with Crippen molar-refractivity contribution in [2.24, 2.45) is 0 Å². The Kier molecular flexibility index (Phi) is 5.78. The first kappa shape index (κ1) is 16.5. The zero-order chi connectivity index (χ0) is 15.4. The molecule has 0 atom stereocenters. The largest absolute Gasteiger partial charge is 0.436 e. The number of aromatic nitrogens is 2. The van der Waals surface area contributed by atoms with E-state index < -0.39 is 5.82 Å². The van der Waals surface area contributed by atoms with E-state index in [1.165, 1.54) is 12.1 Å². The third kappa shape index (κ3) is 4.28. The molecular formula is C13H11Br2ClFN3O. The fourth-order valence-corrected chi connectivity index (χ4v) is 2.42. The van der Waals surface area contributed by atoms with Crippen LogP contribution >= 0.6 is 43.5 Å². The summed E-state index contributed by atoms with van der Waals surface area (Å²) < 4.78 is 20.2. The zero-order valence-electron chi connectivity index (χ0n) is 11.0. The molecule has 2 rings (SSSR count). The van der Waals surface area contributed by atoms with Crippen molar-refractivity contribution < 1.29 is 9.13 Å².